The van der Waals surface area contributed by atoms with Crippen molar-refractivity contribution >= 4 is 33.0 Å². The molecule has 3 rings (SSSR count). The van der Waals surface area contributed by atoms with Gasteiger partial charge in [-0.05, 0) is 23.8 Å². The van der Waals surface area contributed by atoms with Crippen LogP contribution in [0.25, 0.3) is 0 Å². The van der Waals surface area contributed by atoms with E-state index in [1.807, 2.05) is 18.2 Å². The molecule has 1 heterocycles. The average Bonchev–Trinajstić information content (AvgIpc) is 2.48. The van der Waals surface area contributed by atoms with Crippen molar-refractivity contribution in [2.75, 3.05) is 29.9 Å². The zero-order chi connectivity index (χ0) is 14.1. The summed E-state index contributed by atoms with van der Waals surface area (Å²) in [5, 5.41) is 0.647. The number of benzene rings is 2. The molecule has 0 saturated carbocycles. The highest BCUT2D eigenvalue weighted by atomic mass is 79.9. The fraction of sp³-hybridized carbons (Fsp3) is 0.250. The van der Waals surface area contributed by atoms with Gasteiger partial charge in [0.15, 0.2) is 0 Å². The lowest BCUT2D eigenvalue weighted by Crippen LogP contribution is -2.37. The molecule has 0 atom stereocenters. The quantitative estimate of drug-likeness (QED) is 0.755. The highest BCUT2D eigenvalue weighted by Crippen LogP contribution is 2.39. The van der Waals surface area contributed by atoms with Crippen molar-refractivity contribution in [3.63, 3.8) is 0 Å². The van der Waals surface area contributed by atoms with Gasteiger partial charge in [0, 0.05) is 25.5 Å². The minimum Gasteiger partial charge on any atom is -0.371 e. The summed E-state index contributed by atoms with van der Waals surface area (Å²) in [5.41, 5.74) is 3.87. The maximum Gasteiger partial charge on any atom is 0.147 e. The van der Waals surface area contributed by atoms with Gasteiger partial charge < -0.3 is 9.80 Å². The van der Waals surface area contributed by atoms with Crippen LogP contribution in [0.5, 0.6) is 0 Å². The van der Waals surface area contributed by atoms with Crippen LogP contribution >= 0.6 is 15.9 Å². The van der Waals surface area contributed by atoms with E-state index in [2.05, 4.69) is 44.9 Å². The van der Waals surface area contributed by atoms with E-state index in [9.17, 15) is 4.39 Å². The van der Waals surface area contributed by atoms with E-state index in [4.69, 9.17) is 0 Å². The molecule has 0 amide bonds. The van der Waals surface area contributed by atoms with Crippen molar-refractivity contribution in [1.29, 1.82) is 0 Å². The molecule has 1 aliphatic heterocycles. The van der Waals surface area contributed by atoms with Crippen molar-refractivity contribution in [3.05, 3.63) is 53.8 Å². The van der Waals surface area contributed by atoms with Crippen LogP contribution in [0, 0.1) is 5.82 Å². The van der Waals surface area contributed by atoms with E-state index < -0.39 is 0 Å². The minimum absolute atomic E-state index is 0.165. The Morgan fingerprint density at radius 1 is 1.05 bits per heavy atom. The second-order valence-electron chi connectivity index (χ2n) is 4.94. The molecule has 2 aromatic rings. The summed E-state index contributed by atoms with van der Waals surface area (Å²) in [6, 6.07) is 13.4. The molecular weight excluding hydrogens is 319 g/mol. The maximum atomic E-state index is 14.3. The topological polar surface area (TPSA) is 6.48 Å². The van der Waals surface area contributed by atoms with Gasteiger partial charge in [-0.2, -0.15) is 0 Å². The number of anilines is 3. The number of hydrogen-bond donors (Lipinski definition) is 0. The summed E-state index contributed by atoms with van der Waals surface area (Å²) in [5.74, 6) is -0.165. The number of hydrogen-bond acceptors (Lipinski definition) is 2. The second-order valence-corrected chi connectivity index (χ2v) is 5.50. The molecule has 2 aromatic carbocycles. The van der Waals surface area contributed by atoms with E-state index in [1.165, 1.54) is 6.07 Å². The Labute approximate surface area is 126 Å². The standard InChI is InChI=1S/C16H16BrFN2/c1-19-9-10-20(15-8-3-2-7-14(15)19)16-12(11-17)5-4-6-13(16)18/h2-8H,9-11H2,1H3. The van der Waals surface area contributed by atoms with Crippen LogP contribution in [0.3, 0.4) is 0 Å². The molecule has 104 valence electrons. The molecule has 0 spiro atoms. The Morgan fingerprint density at radius 2 is 1.80 bits per heavy atom. The maximum absolute atomic E-state index is 14.3. The molecule has 20 heavy (non-hydrogen) atoms. The van der Waals surface area contributed by atoms with Crippen LogP contribution in [0.1, 0.15) is 5.56 Å². The lowest BCUT2D eigenvalue weighted by molar-refractivity contribution is 0.622. The zero-order valence-electron chi connectivity index (χ0n) is 11.3. The van der Waals surface area contributed by atoms with Gasteiger partial charge in [0.2, 0.25) is 0 Å². The third kappa shape index (κ3) is 2.18. The van der Waals surface area contributed by atoms with Crippen molar-refractivity contribution in [3.8, 4) is 0 Å². The van der Waals surface area contributed by atoms with E-state index >= 15 is 0 Å². The van der Waals surface area contributed by atoms with Crippen LogP contribution in [0.15, 0.2) is 42.5 Å². The third-order valence-electron chi connectivity index (χ3n) is 3.73. The Kier molecular flexibility index (Phi) is 3.66. The first kappa shape index (κ1) is 13.4. The summed E-state index contributed by atoms with van der Waals surface area (Å²) < 4.78 is 14.3. The van der Waals surface area contributed by atoms with Crippen molar-refractivity contribution in [2.24, 2.45) is 0 Å². The molecule has 0 bridgehead atoms. The monoisotopic (exact) mass is 334 g/mol. The normalized spacial score (nSPS) is 14.3. The molecule has 0 saturated heterocycles. The van der Waals surface area contributed by atoms with E-state index in [1.54, 1.807) is 6.07 Å². The Hall–Kier alpha value is -1.55. The van der Waals surface area contributed by atoms with Crippen LogP contribution in [-0.4, -0.2) is 20.1 Å². The van der Waals surface area contributed by atoms with Crippen molar-refractivity contribution in [2.45, 2.75) is 5.33 Å². The largest absolute Gasteiger partial charge is 0.371 e. The number of fused-ring (bicyclic) bond motifs is 1. The average molecular weight is 335 g/mol. The van der Waals surface area contributed by atoms with Gasteiger partial charge in [-0.1, -0.05) is 40.2 Å². The van der Waals surface area contributed by atoms with Gasteiger partial charge in [-0.25, -0.2) is 4.39 Å². The summed E-state index contributed by atoms with van der Waals surface area (Å²) in [6.45, 7) is 1.67. The fourth-order valence-corrected chi connectivity index (χ4v) is 3.16. The first-order chi connectivity index (χ1) is 9.72. The molecule has 0 aromatic heterocycles. The smallest absolute Gasteiger partial charge is 0.147 e. The van der Waals surface area contributed by atoms with Gasteiger partial charge in [0.1, 0.15) is 5.82 Å². The highest BCUT2D eigenvalue weighted by molar-refractivity contribution is 9.08. The van der Waals surface area contributed by atoms with Crippen LogP contribution < -0.4 is 9.80 Å². The zero-order valence-corrected chi connectivity index (χ0v) is 12.9. The number of likely N-dealkylation sites (N-methyl/N-ethyl adjacent to an activating group) is 1. The minimum atomic E-state index is -0.165. The Balaban J connectivity index is 2.15. The molecule has 0 fully saturated rings. The van der Waals surface area contributed by atoms with Crippen molar-refractivity contribution in [1.82, 2.24) is 0 Å². The van der Waals surface area contributed by atoms with Gasteiger partial charge in [0.05, 0.1) is 17.1 Å². The number of nitrogens with zero attached hydrogens (tertiary/aromatic N) is 2. The van der Waals surface area contributed by atoms with Crippen LogP contribution in [-0.2, 0) is 5.33 Å². The van der Waals surface area contributed by atoms with Gasteiger partial charge in [-0.3, -0.25) is 0 Å². The van der Waals surface area contributed by atoms with Crippen LogP contribution in [0.2, 0.25) is 0 Å². The number of para-hydroxylation sites is 3. The molecule has 1 aliphatic rings. The molecule has 0 unspecified atom stereocenters. The molecule has 0 N–H and O–H groups in total. The molecular formula is C16H16BrFN2. The summed E-state index contributed by atoms with van der Waals surface area (Å²) in [7, 11) is 2.07. The molecule has 0 aliphatic carbocycles. The van der Waals surface area contributed by atoms with E-state index in [0.717, 1.165) is 30.0 Å². The van der Waals surface area contributed by atoms with Crippen LogP contribution in [0.4, 0.5) is 21.5 Å². The predicted molar refractivity (Wildman–Crippen MR) is 85.7 cm³/mol. The van der Waals surface area contributed by atoms with Crippen molar-refractivity contribution < 1.29 is 4.39 Å². The lowest BCUT2D eigenvalue weighted by Gasteiger charge is -2.37. The lowest BCUT2D eigenvalue weighted by atomic mass is 10.1. The third-order valence-corrected chi connectivity index (χ3v) is 4.33. The first-order valence-electron chi connectivity index (χ1n) is 6.63. The first-order valence-corrected chi connectivity index (χ1v) is 7.75. The number of halogens is 2. The second kappa shape index (κ2) is 5.44. The Morgan fingerprint density at radius 3 is 2.55 bits per heavy atom. The highest BCUT2D eigenvalue weighted by Gasteiger charge is 2.24. The molecule has 2 nitrogen and oxygen atoms in total. The van der Waals surface area contributed by atoms with E-state index in [0.29, 0.717) is 11.0 Å². The van der Waals surface area contributed by atoms with E-state index in [-0.39, 0.29) is 5.82 Å². The summed E-state index contributed by atoms with van der Waals surface area (Å²) in [4.78, 5) is 4.29. The van der Waals surface area contributed by atoms with Gasteiger partial charge in [-0.15, -0.1) is 0 Å². The van der Waals surface area contributed by atoms with Gasteiger partial charge >= 0.3 is 0 Å². The number of rotatable bonds is 2. The predicted octanol–water partition coefficient (Wildman–Crippen LogP) is 4.31. The summed E-state index contributed by atoms with van der Waals surface area (Å²) in [6.07, 6.45) is 0. The summed E-state index contributed by atoms with van der Waals surface area (Å²) >= 11 is 3.46. The Bertz CT molecular complexity index is 630. The SMILES string of the molecule is CN1CCN(c2c(F)cccc2CBr)c2ccccc21. The van der Waals surface area contributed by atoms with Gasteiger partial charge in [0.25, 0.3) is 0 Å². The molecule has 4 heteroatoms. The molecule has 0 radical (unpaired) electrons. The number of alkyl halides is 1. The fourth-order valence-electron chi connectivity index (χ4n) is 2.71.